The number of piperidine rings is 1. The van der Waals surface area contributed by atoms with Gasteiger partial charge in [0.2, 0.25) is 10.0 Å². The van der Waals surface area contributed by atoms with Crippen molar-refractivity contribution in [3.8, 4) is 6.07 Å². The molecule has 5 nitrogen and oxygen atoms in total. The molecule has 1 heterocycles. The molecule has 0 spiro atoms. The van der Waals surface area contributed by atoms with Gasteiger partial charge in [-0.25, -0.2) is 12.8 Å². The Bertz CT molecular complexity index is 616. The molecule has 1 N–H and O–H groups in total. The third-order valence-corrected chi connectivity index (χ3v) is 5.03. The second-order valence-electron chi connectivity index (χ2n) is 4.39. The van der Waals surface area contributed by atoms with E-state index < -0.39 is 26.8 Å². The highest BCUT2D eigenvalue weighted by Gasteiger charge is 2.30. The summed E-state index contributed by atoms with van der Waals surface area (Å²) in [6.45, 7) is 0.339. The zero-order valence-corrected chi connectivity index (χ0v) is 10.9. The Labute approximate surface area is 110 Å². The Balaban J connectivity index is 2.32. The Morgan fingerprint density at radius 2 is 2.00 bits per heavy atom. The van der Waals surface area contributed by atoms with Gasteiger partial charge in [-0.1, -0.05) is 0 Å². The lowest BCUT2D eigenvalue weighted by Gasteiger charge is -2.28. The molecule has 102 valence electrons. The molecule has 19 heavy (non-hydrogen) atoms. The Morgan fingerprint density at radius 3 is 2.53 bits per heavy atom. The summed E-state index contributed by atoms with van der Waals surface area (Å²) in [5.41, 5.74) is 0.0746. The molecular weight excluding hydrogens is 271 g/mol. The molecular formula is C12H13FN2O3S. The van der Waals surface area contributed by atoms with Crippen molar-refractivity contribution in [3.05, 3.63) is 29.6 Å². The van der Waals surface area contributed by atoms with Crippen LogP contribution in [0.4, 0.5) is 4.39 Å². The molecule has 2 rings (SSSR count). The van der Waals surface area contributed by atoms with Crippen LogP contribution < -0.4 is 0 Å². The normalized spacial score (nSPS) is 18.2. The smallest absolute Gasteiger partial charge is 0.245 e. The predicted octanol–water partition coefficient (Wildman–Crippen LogP) is 0.843. The summed E-state index contributed by atoms with van der Waals surface area (Å²) in [7, 11) is -3.90. The van der Waals surface area contributed by atoms with Gasteiger partial charge in [-0.2, -0.15) is 9.57 Å². The number of aliphatic hydroxyl groups is 1. The van der Waals surface area contributed by atoms with Crippen molar-refractivity contribution in [2.24, 2.45) is 0 Å². The van der Waals surface area contributed by atoms with Crippen molar-refractivity contribution in [2.45, 2.75) is 23.8 Å². The second kappa shape index (κ2) is 5.25. The van der Waals surface area contributed by atoms with Crippen LogP contribution >= 0.6 is 0 Å². The number of aliphatic hydroxyl groups excluding tert-OH is 1. The van der Waals surface area contributed by atoms with E-state index in [2.05, 4.69) is 0 Å². The second-order valence-corrected chi connectivity index (χ2v) is 6.30. The quantitative estimate of drug-likeness (QED) is 0.872. The van der Waals surface area contributed by atoms with Crippen molar-refractivity contribution in [1.29, 1.82) is 5.26 Å². The van der Waals surface area contributed by atoms with E-state index in [-0.39, 0.29) is 18.7 Å². The molecule has 0 amide bonds. The number of nitriles is 1. The van der Waals surface area contributed by atoms with Crippen LogP contribution in [0.25, 0.3) is 0 Å². The number of hydrogen-bond acceptors (Lipinski definition) is 4. The predicted molar refractivity (Wildman–Crippen MR) is 65.1 cm³/mol. The maximum Gasteiger partial charge on any atom is 0.245 e. The van der Waals surface area contributed by atoms with Crippen molar-refractivity contribution in [2.75, 3.05) is 13.1 Å². The van der Waals surface area contributed by atoms with E-state index in [1.54, 1.807) is 6.07 Å². The lowest BCUT2D eigenvalue weighted by Crippen LogP contribution is -2.40. The summed E-state index contributed by atoms with van der Waals surface area (Å²) < 4.78 is 39.4. The number of sulfonamides is 1. The van der Waals surface area contributed by atoms with Crippen molar-refractivity contribution in [1.82, 2.24) is 4.31 Å². The molecule has 0 radical (unpaired) electrons. The first-order chi connectivity index (χ1) is 8.95. The van der Waals surface area contributed by atoms with E-state index in [4.69, 9.17) is 5.26 Å². The summed E-state index contributed by atoms with van der Waals surface area (Å²) in [4.78, 5) is -0.428. The first kappa shape index (κ1) is 13.9. The highest BCUT2D eigenvalue weighted by molar-refractivity contribution is 7.89. The lowest BCUT2D eigenvalue weighted by molar-refractivity contribution is 0.113. The molecule has 1 fully saturated rings. The van der Waals surface area contributed by atoms with Crippen LogP contribution in [0.5, 0.6) is 0 Å². The number of rotatable bonds is 2. The summed E-state index contributed by atoms with van der Waals surface area (Å²) >= 11 is 0. The molecule has 1 aliphatic heterocycles. The van der Waals surface area contributed by atoms with Gasteiger partial charge in [-0.05, 0) is 31.0 Å². The van der Waals surface area contributed by atoms with Crippen LogP contribution in [0.15, 0.2) is 23.1 Å². The monoisotopic (exact) mass is 284 g/mol. The average Bonchev–Trinajstić information content (AvgIpc) is 2.38. The Morgan fingerprint density at radius 1 is 1.37 bits per heavy atom. The van der Waals surface area contributed by atoms with Crippen LogP contribution in [0.2, 0.25) is 0 Å². The maximum absolute atomic E-state index is 13.8. The molecule has 7 heteroatoms. The first-order valence-corrected chi connectivity index (χ1v) is 7.27. The van der Waals surface area contributed by atoms with Gasteiger partial charge in [-0.15, -0.1) is 0 Å². The molecule has 0 atom stereocenters. The van der Waals surface area contributed by atoms with Gasteiger partial charge in [0.25, 0.3) is 0 Å². The van der Waals surface area contributed by atoms with E-state index in [0.717, 1.165) is 16.4 Å². The first-order valence-electron chi connectivity index (χ1n) is 5.83. The molecule has 0 unspecified atom stereocenters. The summed E-state index contributed by atoms with van der Waals surface area (Å²) in [5.74, 6) is -0.926. The summed E-state index contributed by atoms with van der Waals surface area (Å²) in [6, 6.07) is 5.04. The maximum atomic E-state index is 13.8. The van der Waals surface area contributed by atoms with Crippen molar-refractivity contribution in [3.63, 3.8) is 0 Å². The molecule has 1 aliphatic rings. The van der Waals surface area contributed by atoms with Crippen LogP contribution in [0, 0.1) is 17.1 Å². The molecule has 0 aliphatic carbocycles. The van der Waals surface area contributed by atoms with Crippen LogP contribution in [0.1, 0.15) is 18.4 Å². The van der Waals surface area contributed by atoms with E-state index in [0.29, 0.717) is 12.8 Å². The molecule has 0 aromatic heterocycles. The van der Waals surface area contributed by atoms with E-state index in [9.17, 15) is 17.9 Å². The van der Waals surface area contributed by atoms with Crippen molar-refractivity contribution >= 4 is 10.0 Å². The number of halogens is 1. The molecule has 0 bridgehead atoms. The zero-order valence-electron chi connectivity index (χ0n) is 10.1. The lowest BCUT2D eigenvalue weighted by atomic mass is 10.1. The largest absolute Gasteiger partial charge is 0.393 e. The minimum atomic E-state index is -3.90. The van der Waals surface area contributed by atoms with Gasteiger partial charge in [0.15, 0.2) is 0 Å². The van der Waals surface area contributed by atoms with Crippen LogP contribution in [-0.2, 0) is 10.0 Å². The fourth-order valence-electron chi connectivity index (χ4n) is 2.00. The summed E-state index contributed by atoms with van der Waals surface area (Å²) in [6.07, 6.45) is 0.186. The van der Waals surface area contributed by atoms with E-state index in [1.165, 1.54) is 6.07 Å². The van der Waals surface area contributed by atoms with Crippen molar-refractivity contribution < 1.29 is 17.9 Å². The van der Waals surface area contributed by atoms with E-state index in [1.807, 2.05) is 0 Å². The zero-order chi connectivity index (χ0) is 14.0. The fourth-order valence-corrected chi connectivity index (χ4v) is 3.52. The summed E-state index contributed by atoms with van der Waals surface area (Å²) in [5, 5.41) is 18.0. The average molecular weight is 284 g/mol. The van der Waals surface area contributed by atoms with Gasteiger partial charge >= 0.3 is 0 Å². The van der Waals surface area contributed by atoms with Crippen LogP contribution in [-0.4, -0.2) is 37.0 Å². The standard InChI is InChI=1S/C12H13FN2O3S/c13-11-7-9(8-14)1-2-12(11)19(17,18)15-5-3-10(16)4-6-15/h1-2,7,10,16H,3-6H2. The Kier molecular flexibility index (Phi) is 3.85. The SMILES string of the molecule is N#Cc1ccc(S(=O)(=O)N2CCC(O)CC2)c(F)c1. The van der Waals surface area contributed by atoms with E-state index >= 15 is 0 Å². The molecule has 1 saturated heterocycles. The van der Waals surface area contributed by atoms with Gasteiger partial charge in [0.1, 0.15) is 10.7 Å². The fraction of sp³-hybridized carbons (Fsp3) is 0.417. The Hall–Kier alpha value is -1.49. The van der Waals surface area contributed by atoms with Gasteiger partial charge in [0.05, 0.1) is 17.7 Å². The van der Waals surface area contributed by atoms with Gasteiger partial charge < -0.3 is 5.11 Å². The van der Waals surface area contributed by atoms with Gasteiger partial charge in [-0.3, -0.25) is 0 Å². The third-order valence-electron chi connectivity index (χ3n) is 3.10. The molecule has 1 aromatic rings. The molecule has 1 aromatic carbocycles. The minimum Gasteiger partial charge on any atom is -0.393 e. The van der Waals surface area contributed by atoms with Gasteiger partial charge in [0, 0.05) is 13.1 Å². The topological polar surface area (TPSA) is 81.4 Å². The molecule has 0 saturated carbocycles. The number of benzene rings is 1. The van der Waals surface area contributed by atoms with Crippen LogP contribution in [0.3, 0.4) is 0 Å². The third kappa shape index (κ3) is 2.76. The number of hydrogen-bond donors (Lipinski definition) is 1. The number of nitrogens with zero attached hydrogens (tertiary/aromatic N) is 2. The highest BCUT2D eigenvalue weighted by atomic mass is 32.2. The highest BCUT2D eigenvalue weighted by Crippen LogP contribution is 2.23. The minimum absolute atomic E-state index is 0.0746.